The van der Waals surface area contributed by atoms with Crippen molar-refractivity contribution in [2.75, 3.05) is 0 Å². The molecule has 5 heteroatoms. The van der Waals surface area contributed by atoms with Crippen LogP contribution in [0.4, 0.5) is 0 Å². The summed E-state index contributed by atoms with van der Waals surface area (Å²) in [7, 11) is 0. The molecule has 1 aromatic rings. The molecule has 1 rings (SSSR count). The van der Waals surface area contributed by atoms with E-state index in [1.54, 1.807) is 26.8 Å². The Morgan fingerprint density at radius 1 is 1.61 bits per heavy atom. The summed E-state index contributed by atoms with van der Waals surface area (Å²) in [5.74, 6) is -0.167. The molecule has 1 amide bonds. The second-order valence-corrected chi connectivity index (χ2v) is 6.00. The van der Waals surface area contributed by atoms with Gasteiger partial charge in [-0.25, -0.2) is 0 Å². The van der Waals surface area contributed by atoms with E-state index in [4.69, 9.17) is 0 Å². The van der Waals surface area contributed by atoms with Crippen LogP contribution in [0, 0.1) is 0 Å². The SMILES string of the molecule is CCCn1cc(Br)cc1C(=O)NC(C)(C)C(C)O. The maximum absolute atomic E-state index is 12.2. The standard InChI is InChI=1S/C13H21BrN2O2/c1-5-6-16-8-10(14)7-11(16)12(18)15-13(3,4)9(2)17/h7-9,17H,5-6H2,1-4H3,(H,15,18). The quantitative estimate of drug-likeness (QED) is 0.877. The summed E-state index contributed by atoms with van der Waals surface area (Å²) >= 11 is 3.38. The van der Waals surface area contributed by atoms with Crippen LogP contribution in [0.15, 0.2) is 16.7 Å². The lowest BCUT2D eigenvalue weighted by Gasteiger charge is -2.29. The van der Waals surface area contributed by atoms with Crippen LogP contribution in [-0.2, 0) is 6.54 Å². The predicted molar refractivity (Wildman–Crippen MR) is 75.6 cm³/mol. The Hall–Kier alpha value is -0.810. The Bertz CT molecular complexity index is 425. The van der Waals surface area contributed by atoms with Crippen molar-refractivity contribution in [1.29, 1.82) is 0 Å². The summed E-state index contributed by atoms with van der Waals surface area (Å²) in [6.07, 6.45) is 2.24. The molecule has 0 aromatic carbocycles. The highest BCUT2D eigenvalue weighted by Crippen LogP contribution is 2.17. The van der Waals surface area contributed by atoms with Gasteiger partial charge in [0.15, 0.2) is 0 Å². The van der Waals surface area contributed by atoms with Crippen LogP contribution in [0.3, 0.4) is 0 Å². The molecule has 0 saturated carbocycles. The molecular formula is C13H21BrN2O2. The first kappa shape index (κ1) is 15.2. The van der Waals surface area contributed by atoms with E-state index in [1.165, 1.54) is 0 Å². The molecule has 1 atom stereocenters. The van der Waals surface area contributed by atoms with Crippen LogP contribution in [0.1, 0.15) is 44.6 Å². The van der Waals surface area contributed by atoms with Gasteiger partial charge in [-0.3, -0.25) is 4.79 Å². The minimum Gasteiger partial charge on any atom is -0.391 e. The van der Waals surface area contributed by atoms with Gasteiger partial charge in [0, 0.05) is 17.2 Å². The molecule has 2 N–H and O–H groups in total. The van der Waals surface area contributed by atoms with Crippen LogP contribution >= 0.6 is 15.9 Å². The fourth-order valence-electron chi connectivity index (χ4n) is 1.55. The molecule has 0 saturated heterocycles. The third-order valence-corrected chi connectivity index (χ3v) is 3.47. The van der Waals surface area contributed by atoms with Crippen molar-refractivity contribution in [3.63, 3.8) is 0 Å². The topological polar surface area (TPSA) is 54.3 Å². The van der Waals surface area contributed by atoms with Gasteiger partial charge < -0.3 is 15.0 Å². The number of hydrogen-bond donors (Lipinski definition) is 2. The van der Waals surface area contributed by atoms with Crippen molar-refractivity contribution in [3.8, 4) is 0 Å². The normalized spacial score (nSPS) is 13.4. The maximum atomic E-state index is 12.2. The van der Waals surface area contributed by atoms with Gasteiger partial charge in [0.2, 0.25) is 0 Å². The second-order valence-electron chi connectivity index (χ2n) is 5.09. The number of nitrogens with zero attached hydrogens (tertiary/aromatic N) is 1. The Kier molecular flexibility index (Phi) is 4.99. The number of aryl methyl sites for hydroxylation is 1. The van der Waals surface area contributed by atoms with Gasteiger partial charge in [0.1, 0.15) is 5.69 Å². The molecule has 4 nitrogen and oxygen atoms in total. The van der Waals surface area contributed by atoms with Crippen molar-refractivity contribution in [2.45, 2.75) is 52.3 Å². The van der Waals surface area contributed by atoms with E-state index < -0.39 is 11.6 Å². The molecule has 0 bridgehead atoms. The molecule has 0 fully saturated rings. The highest BCUT2D eigenvalue weighted by atomic mass is 79.9. The average Bonchev–Trinajstić information content (AvgIpc) is 2.59. The van der Waals surface area contributed by atoms with Crippen molar-refractivity contribution < 1.29 is 9.90 Å². The van der Waals surface area contributed by atoms with Gasteiger partial charge in [0.25, 0.3) is 5.91 Å². The Morgan fingerprint density at radius 3 is 2.72 bits per heavy atom. The van der Waals surface area contributed by atoms with Gasteiger partial charge in [0.05, 0.1) is 11.6 Å². The van der Waals surface area contributed by atoms with Gasteiger partial charge >= 0.3 is 0 Å². The smallest absolute Gasteiger partial charge is 0.268 e. The number of halogens is 1. The summed E-state index contributed by atoms with van der Waals surface area (Å²) in [6, 6.07) is 1.79. The largest absolute Gasteiger partial charge is 0.391 e. The summed E-state index contributed by atoms with van der Waals surface area (Å²) in [4.78, 5) is 12.2. The van der Waals surface area contributed by atoms with Crippen LogP contribution in [-0.4, -0.2) is 27.2 Å². The fourth-order valence-corrected chi connectivity index (χ4v) is 2.02. The molecule has 1 heterocycles. The molecule has 1 aromatic heterocycles. The number of hydrogen-bond acceptors (Lipinski definition) is 2. The summed E-state index contributed by atoms with van der Waals surface area (Å²) < 4.78 is 2.80. The van der Waals surface area contributed by atoms with Crippen LogP contribution < -0.4 is 5.32 Å². The van der Waals surface area contributed by atoms with Crippen LogP contribution in [0.2, 0.25) is 0 Å². The van der Waals surface area contributed by atoms with Crippen molar-refractivity contribution >= 4 is 21.8 Å². The Morgan fingerprint density at radius 2 is 2.22 bits per heavy atom. The number of nitrogens with one attached hydrogen (secondary N) is 1. The number of aliphatic hydroxyl groups excluding tert-OH is 1. The predicted octanol–water partition coefficient (Wildman–Crippen LogP) is 2.55. The van der Waals surface area contributed by atoms with Crippen molar-refractivity contribution in [1.82, 2.24) is 9.88 Å². The monoisotopic (exact) mass is 316 g/mol. The van der Waals surface area contributed by atoms with Gasteiger partial charge in [-0.15, -0.1) is 0 Å². The van der Waals surface area contributed by atoms with Crippen LogP contribution in [0.5, 0.6) is 0 Å². The zero-order valence-electron chi connectivity index (χ0n) is 11.3. The van der Waals surface area contributed by atoms with E-state index in [2.05, 4.69) is 28.2 Å². The molecular weight excluding hydrogens is 296 g/mol. The minimum absolute atomic E-state index is 0.167. The first-order valence-corrected chi connectivity index (χ1v) is 6.93. The minimum atomic E-state index is -0.648. The van der Waals surface area contributed by atoms with E-state index >= 15 is 0 Å². The van der Waals surface area contributed by atoms with Gasteiger partial charge in [-0.2, -0.15) is 0 Å². The number of aliphatic hydroxyl groups is 1. The van der Waals surface area contributed by atoms with Crippen LogP contribution in [0.25, 0.3) is 0 Å². The molecule has 0 aliphatic rings. The van der Waals surface area contributed by atoms with Gasteiger partial charge in [-0.1, -0.05) is 6.92 Å². The lowest BCUT2D eigenvalue weighted by atomic mass is 9.98. The molecule has 0 radical (unpaired) electrons. The zero-order chi connectivity index (χ0) is 13.9. The third kappa shape index (κ3) is 3.59. The Labute approximate surface area is 117 Å². The summed E-state index contributed by atoms with van der Waals surface area (Å²) in [5, 5.41) is 12.5. The van der Waals surface area contributed by atoms with Crippen molar-refractivity contribution in [3.05, 3.63) is 22.4 Å². The highest BCUT2D eigenvalue weighted by molar-refractivity contribution is 9.10. The molecule has 0 spiro atoms. The first-order valence-electron chi connectivity index (χ1n) is 6.14. The zero-order valence-corrected chi connectivity index (χ0v) is 12.9. The van der Waals surface area contributed by atoms with E-state index in [0.717, 1.165) is 17.4 Å². The number of amides is 1. The van der Waals surface area contributed by atoms with E-state index in [-0.39, 0.29) is 5.91 Å². The summed E-state index contributed by atoms with van der Waals surface area (Å²) in [5.41, 5.74) is -0.0392. The van der Waals surface area contributed by atoms with Gasteiger partial charge in [-0.05, 0) is 49.2 Å². The maximum Gasteiger partial charge on any atom is 0.268 e. The first-order chi connectivity index (χ1) is 8.27. The second kappa shape index (κ2) is 5.89. The number of carbonyl (C=O) groups is 1. The average molecular weight is 317 g/mol. The Balaban J connectivity index is 2.90. The number of rotatable bonds is 5. The number of aromatic nitrogens is 1. The van der Waals surface area contributed by atoms with Crippen molar-refractivity contribution in [2.24, 2.45) is 0 Å². The molecule has 1 unspecified atom stereocenters. The molecule has 102 valence electrons. The third-order valence-electron chi connectivity index (χ3n) is 3.04. The molecule has 18 heavy (non-hydrogen) atoms. The lowest BCUT2D eigenvalue weighted by molar-refractivity contribution is 0.0702. The van der Waals surface area contributed by atoms with E-state index in [1.807, 2.05) is 10.8 Å². The number of carbonyl (C=O) groups excluding carboxylic acids is 1. The highest BCUT2D eigenvalue weighted by Gasteiger charge is 2.27. The fraction of sp³-hybridized carbons (Fsp3) is 0.615. The van der Waals surface area contributed by atoms with E-state index in [9.17, 15) is 9.90 Å². The molecule has 0 aliphatic heterocycles. The van der Waals surface area contributed by atoms with E-state index in [0.29, 0.717) is 5.69 Å². The lowest BCUT2D eigenvalue weighted by Crippen LogP contribution is -2.51. The summed E-state index contributed by atoms with van der Waals surface area (Å²) in [6.45, 7) is 8.13. The molecule has 0 aliphatic carbocycles.